The highest BCUT2D eigenvalue weighted by Crippen LogP contribution is 2.24. The molecule has 1 fully saturated rings. The van der Waals surface area contributed by atoms with Crippen molar-refractivity contribution in [2.45, 2.75) is 37.8 Å². The van der Waals surface area contributed by atoms with Gasteiger partial charge in [-0.05, 0) is 32.9 Å². The van der Waals surface area contributed by atoms with E-state index in [-0.39, 0.29) is 24.5 Å². The molecule has 0 aromatic heterocycles. The third-order valence-electron chi connectivity index (χ3n) is 3.43. The van der Waals surface area contributed by atoms with Crippen LogP contribution >= 0.6 is 12.4 Å². The maximum absolute atomic E-state index is 12.7. The van der Waals surface area contributed by atoms with E-state index in [1.54, 1.807) is 28.6 Å². The molecule has 120 valence electrons. The van der Waals surface area contributed by atoms with Crippen LogP contribution in [0.1, 0.15) is 20.8 Å². The van der Waals surface area contributed by atoms with Gasteiger partial charge in [0.05, 0.1) is 11.5 Å². The van der Waals surface area contributed by atoms with Crippen LogP contribution in [0.2, 0.25) is 0 Å². The largest absolute Gasteiger partial charge is 0.494 e. The zero-order chi connectivity index (χ0) is 14.8. The Hall–Kier alpha value is -0.820. The topological polar surface area (TPSA) is 58.6 Å². The fourth-order valence-corrected chi connectivity index (χ4v) is 4.10. The molecule has 0 spiro atoms. The predicted molar refractivity (Wildman–Crippen MR) is 85.7 cm³/mol. The monoisotopic (exact) mass is 334 g/mol. The molecule has 0 aliphatic carbocycles. The Kier molecular flexibility index (Phi) is 6.46. The Balaban J connectivity index is 0.00000220. The summed E-state index contributed by atoms with van der Waals surface area (Å²) in [5, 5.41) is 3.29. The fourth-order valence-electron chi connectivity index (χ4n) is 2.35. The quantitative estimate of drug-likeness (QED) is 0.913. The van der Waals surface area contributed by atoms with Crippen LogP contribution in [0.5, 0.6) is 5.75 Å². The number of nitrogens with zero attached hydrogens (tertiary/aromatic N) is 1. The second-order valence-corrected chi connectivity index (χ2v) is 7.03. The van der Waals surface area contributed by atoms with Gasteiger partial charge in [0.15, 0.2) is 0 Å². The third kappa shape index (κ3) is 4.10. The summed E-state index contributed by atoms with van der Waals surface area (Å²) in [5.74, 6) is 0.587. The summed E-state index contributed by atoms with van der Waals surface area (Å²) >= 11 is 0. The highest BCUT2D eigenvalue weighted by molar-refractivity contribution is 7.89. The van der Waals surface area contributed by atoms with Crippen molar-refractivity contribution >= 4 is 22.4 Å². The van der Waals surface area contributed by atoms with Crippen molar-refractivity contribution < 1.29 is 13.2 Å². The van der Waals surface area contributed by atoms with E-state index in [2.05, 4.69) is 5.32 Å². The first-order chi connectivity index (χ1) is 9.45. The summed E-state index contributed by atoms with van der Waals surface area (Å²) in [6, 6.07) is 6.82. The lowest BCUT2D eigenvalue weighted by Gasteiger charge is -2.36. The molecule has 1 aromatic rings. The van der Waals surface area contributed by atoms with Crippen molar-refractivity contribution in [2.24, 2.45) is 0 Å². The lowest BCUT2D eigenvalue weighted by atomic mass is 10.2. The van der Waals surface area contributed by atoms with E-state index < -0.39 is 10.0 Å². The lowest BCUT2D eigenvalue weighted by Crippen LogP contribution is -2.56. The van der Waals surface area contributed by atoms with Gasteiger partial charge in [0.1, 0.15) is 5.75 Å². The van der Waals surface area contributed by atoms with Crippen LogP contribution in [0, 0.1) is 0 Å². The van der Waals surface area contributed by atoms with Crippen molar-refractivity contribution in [3.63, 3.8) is 0 Å². The second kappa shape index (κ2) is 7.45. The number of nitrogens with one attached hydrogen (secondary N) is 1. The summed E-state index contributed by atoms with van der Waals surface area (Å²) in [4.78, 5) is 0.296. The maximum atomic E-state index is 12.7. The molecule has 0 saturated carbocycles. The number of rotatable bonds is 4. The van der Waals surface area contributed by atoms with E-state index in [1.807, 2.05) is 20.8 Å². The highest BCUT2D eigenvalue weighted by atomic mass is 35.5. The summed E-state index contributed by atoms with van der Waals surface area (Å²) in [6.07, 6.45) is 0. The molecule has 0 amide bonds. The van der Waals surface area contributed by atoms with E-state index in [0.717, 1.165) is 0 Å². The molecule has 1 aliphatic rings. The maximum Gasteiger partial charge on any atom is 0.243 e. The molecule has 1 aromatic carbocycles. The van der Waals surface area contributed by atoms with E-state index in [0.29, 0.717) is 30.3 Å². The average molecular weight is 335 g/mol. The molecule has 5 nitrogen and oxygen atoms in total. The fraction of sp³-hybridized carbons (Fsp3) is 0.571. The Bertz CT molecular complexity index is 565. The number of sulfonamides is 1. The normalized spacial score (nSPS) is 23.4. The van der Waals surface area contributed by atoms with E-state index in [9.17, 15) is 8.42 Å². The number of hydrogen-bond acceptors (Lipinski definition) is 4. The van der Waals surface area contributed by atoms with Gasteiger partial charge in [0.25, 0.3) is 0 Å². The number of piperazine rings is 1. The first-order valence-corrected chi connectivity index (χ1v) is 8.37. The summed E-state index contributed by atoms with van der Waals surface area (Å²) in [6.45, 7) is 7.47. The van der Waals surface area contributed by atoms with Crippen LogP contribution in [0.4, 0.5) is 0 Å². The molecule has 21 heavy (non-hydrogen) atoms. The Morgan fingerprint density at radius 3 is 2.76 bits per heavy atom. The molecule has 2 rings (SSSR count). The molecule has 2 atom stereocenters. The molecule has 1 N–H and O–H groups in total. The summed E-state index contributed by atoms with van der Waals surface area (Å²) < 4.78 is 32.4. The van der Waals surface area contributed by atoms with E-state index in [4.69, 9.17) is 4.74 Å². The van der Waals surface area contributed by atoms with Crippen LogP contribution in [-0.4, -0.2) is 44.5 Å². The molecule has 1 heterocycles. The van der Waals surface area contributed by atoms with Gasteiger partial charge in [-0.2, -0.15) is 4.31 Å². The van der Waals surface area contributed by atoms with Gasteiger partial charge in [-0.1, -0.05) is 6.07 Å². The number of hydrogen-bond donors (Lipinski definition) is 1. The summed E-state index contributed by atoms with van der Waals surface area (Å²) in [5.41, 5.74) is 0. The van der Waals surface area contributed by atoms with Gasteiger partial charge in [-0.3, -0.25) is 0 Å². The van der Waals surface area contributed by atoms with Crippen molar-refractivity contribution in [3.05, 3.63) is 24.3 Å². The Morgan fingerprint density at radius 1 is 1.38 bits per heavy atom. The average Bonchev–Trinajstić information content (AvgIpc) is 2.42. The van der Waals surface area contributed by atoms with Crippen molar-refractivity contribution in [3.8, 4) is 5.75 Å². The van der Waals surface area contributed by atoms with Crippen LogP contribution in [0.3, 0.4) is 0 Å². The minimum Gasteiger partial charge on any atom is -0.494 e. The molecule has 0 radical (unpaired) electrons. The van der Waals surface area contributed by atoms with Gasteiger partial charge < -0.3 is 10.1 Å². The SMILES string of the molecule is CCOc1cccc(S(=O)(=O)N2CC(C)NCC2C)c1.Cl. The van der Waals surface area contributed by atoms with Gasteiger partial charge in [-0.25, -0.2) is 8.42 Å². The smallest absolute Gasteiger partial charge is 0.243 e. The molecule has 1 aliphatic heterocycles. The molecule has 7 heteroatoms. The van der Waals surface area contributed by atoms with Gasteiger partial charge >= 0.3 is 0 Å². The molecular weight excluding hydrogens is 312 g/mol. The Morgan fingerprint density at radius 2 is 2.10 bits per heavy atom. The predicted octanol–water partition coefficient (Wildman–Crippen LogP) is 1.88. The molecular formula is C14H23ClN2O3S. The first kappa shape index (κ1) is 18.2. The second-order valence-electron chi connectivity index (χ2n) is 5.14. The minimum absolute atomic E-state index is 0. The van der Waals surface area contributed by atoms with E-state index >= 15 is 0 Å². The molecule has 2 unspecified atom stereocenters. The Labute approximate surface area is 133 Å². The molecule has 1 saturated heterocycles. The van der Waals surface area contributed by atoms with Crippen LogP contribution in [0.25, 0.3) is 0 Å². The van der Waals surface area contributed by atoms with E-state index in [1.165, 1.54) is 0 Å². The van der Waals surface area contributed by atoms with Crippen molar-refractivity contribution in [1.29, 1.82) is 0 Å². The number of halogens is 1. The van der Waals surface area contributed by atoms with Gasteiger partial charge in [0.2, 0.25) is 10.0 Å². The van der Waals surface area contributed by atoms with Gasteiger partial charge in [-0.15, -0.1) is 12.4 Å². The zero-order valence-corrected chi connectivity index (χ0v) is 14.2. The zero-order valence-electron chi connectivity index (χ0n) is 12.6. The van der Waals surface area contributed by atoms with Gasteiger partial charge in [0, 0.05) is 31.2 Å². The lowest BCUT2D eigenvalue weighted by molar-refractivity contribution is 0.244. The van der Waals surface area contributed by atoms with Crippen LogP contribution < -0.4 is 10.1 Å². The standard InChI is InChI=1S/C14H22N2O3S.ClH/c1-4-19-13-6-5-7-14(8-13)20(17,18)16-10-11(2)15-9-12(16)3;/h5-8,11-12,15H,4,9-10H2,1-3H3;1H. The summed E-state index contributed by atoms with van der Waals surface area (Å²) in [7, 11) is -3.47. The third-order valence-corrected chi connectivity index (χ3v) is 5.41. The van der Waals surface area contributed by atoms with Crippen molar-refractivity contribution in [2.75, 3.05) is 19.7 Å². The minimum atomic E-state index is -3.47. The number of ether oxygens (including phenoxy) is 1. The van der Waals surface area contributed by atoms with Crippen LogP contribution in [0.15, 0.2) is 29.2 Å². The van der Waals surface area contributed by atoms with Crippen molar-refractivity contribution in [1.82, 2.24) is 9.62 Å². The molecule has 0 bridgehead atoms. The first-order valence-electron chi connectivity index (χ1n) is 6.93. The number of benzene rings is 1. The van der Waals surface area contributed by atoms with Crippen LogP contribution in [-0.2, 0) is 10.0 Å². The highest BCUT2D eigenvalue weighted by Gasteiger charge is 2.33.